The van der Waals surface area contributed by atoms with Gasteiger partial charge in [0.15, 0.2) is 5.82 Å². The van der Waals surface area contributed by atoms with Gasteiger partial charge in [0, 0.05) is 6.42 Å². The molecule has 0 atom stereocenters. The summed E-state index contributed by atoms with van der Waals surface area (Å²) in [6.07, 6.45) is 1.07. The molecular weight excluding hydrogens is 330 g/mol. The zero-order valence-corrected chi connectivity index (χ0v) is 14.8. The van der Waals surface area contributed by atoms with E-state index in [9.17, 15) is 4.79 Å². The van der Waals surface area contributed by atoms with Crippen molar-refractivity contribution in [3.8, 4) is 11.4 Å². The molecule has 0 saturated heterocycles. The Morgan fingerprint density at radius 3 is 2.54 bits per heavy atom. The minimum atomic E-state index is -0.0423. The molecule has 0 aliphatic carbocycles. The van der Waals surface area contributed by atoms with Gasteiger partial charge in [-0.15, -0.1) is 5.10 Å². The van der Waals surface area contributed by atoms with Crippen molar-refractivity contribution in [3.63, 3.8) is 0 Å². The van der Waals surface area contributed by atoms with Crippen molar-refractivity contribution in [1.82, 2.24) is 25.5 Å². The molecule has 3 rings (SSSR count). The van der Waals surface area contributed by atoms with Gasteiger partial charge in [0.05, 0.1) is 19.3 Å². The Labute approximate surface area is 152 Å². The van der Waals surface area contributed by atoms with Gasteiger partial charge in [0.1, 0.15) is 5.75 Å². The van der Waals surface area contributed by atoms with E-state index in [-0.39, 0.29) is 12.5 Å². The van der Waals surface area contributed by atoms with Crippen LogP contribution in [0.2, 0.25) is 0 Å². The lowest BCUT2D eigenvalue weighted by Gasteiger charge is -2.07. The molecule has 0 aliphatic rings. The highest BCUT2D eigenvalue weighted by molar-refractivity contribution is 5.76. The number of aromatic nitrogens is 4. The van der Waals surface area contributed by atoms with Crippen LogP contribution >= 0.6 is 0 Å². The number of carbonyl (C=O) groups excluding carboxylic acids is 1. The number of nitrogens with zero attached hydrogens (tertiary/aromatic N) is 4. The van der Waals surface area contributed by atoms with Gasteiger partial charge in [-0.05, 0) is 53.6 Å². The van der Waals surface area contributed by atoms with Gasteiger partial charge < -0.3 is 10.1 Å². The van der Waals surface area contributed by atoms with Gasteiger partial charge in [-0.25, -0.2) is 0 Å². The van der Waals surface area contributed by atoms with Crippen LogP contribution in [-0.4, -0.2) is 33.2 Å². The molecule has 3 aromatic rings. The standard InChI is InChI=1S/C19H21N5O2/c1-14-3-8-16(9-4-14)24-18(21-22-23-24)13-20-19(25)12-7-15-5-10-17(26-2)11-6-15/h3-6,8-11H,7,12-13H2,1-2H3,(H,20,25). The molecule has 1 N–H and O–H groups in total. The highest BCUT2D eigenvalue weighted by Crippen LogP contribution is 2.13. The monoisotopic (exact) mass is 351 g/mol. The highest BCUT2D eigenvalue weighted by Gasteiger charge is 2.10. The lowest BCUT2D eigenvalue weighted by atomic mass is 10.1. The molecule has 0 saturated carbocycles. The maximum atomic E-state index is 12.1. The topological polar surface area (TPSA) is 81.9 Å². The molecule has 1 aromatic heterocycles. The molecule has 0 aliphatic heterocycles. The second kappa shape index (κ2) is 8.24. The van der Waals surface area contributed by atoms with Crippen LogP contribution in [0.4, 0.5) is 0 Å². The summed E-state index contributed by atoms with van der Waals surface area (Å²) in [4.78, 5) is 12.1. The Balaban J connectivity index is 1.53. The van der Waals surface area contributed by atoms with Gasteiger partial charge in [0.2, 0.25) is 5.91 Å². The number of amides is 1. The number of hydrogen-bond donors (Lipinski definition) is 1. The molecule has 26 heavy (non-hydrogen) atoms. The summed E-state index contributed by atoms with van der Waals surface area (Å²) in [7, 11) is 1.63. The van der Waals surface area contributed by atoms with E-state index in [0.29, 0.717) is 18.7 Å². The molecule has 7 heteroatoms. The number of methoxy groups -OCH3 is 1. The van der Waals surface area contributed by atoms with Gasteiger partial charge in [-0.1, -0.05) is 29.8 Å². The van der Waals surface area contributed by atoms with Crippen LogP contribution in [0.15, 0.2) is 48.5 Å². The summed E-state index contributed by atoms with van der Waals surface area (Å²) < 4.78 is 6.76. The summed E-state index contributed by atoms with van der Waals surface area (Å²) in [5, 5.41) is 14.6. The number of hydrogen-bond acceptors (Lipinski definition) is 5. The fraction of sp³-hybridized carbons (Fsp3) is 0.263. The molecule has 7 nitrogen and oxygen atoms in total. The fourth-order valence-electron chi connectivity index (χ4n) is 2.52. The predicted octanol–water partition coefficient (Wildman–Crippen LogP) is 2.23. The predicted molar refractivity (Wildman–Crippen MR) is 97.1 cm³/mol. The average molecular weight is 351 g/mol. The third kappa shape index (κ3) is 4.44. The van der Waals surface area contributed by atoms with E-state index in [1.165, 1.54) is 0 Å². The normalized spacial score (nSPS) is 10.5. The summed E-state index contributed by atoms with van der Waals surface area (Å²) in [5.41, 5.74) is 3.11. The van der Waals surface area contributed by atoms with Crippen LogP contribution in [-0.2, 0) is 17.8 Å². The number of carbonyl (C=O) groups is 1. The summed E-state index contributed by atoms with van der Waals surface area (Å²) >= 11 is 0. The molecule has 0 spiro atoms. The first kappa shape index (κ1) is 17.6. The van der Waals surface area contributed by atoms with Crippen molar-refractivity contribution in [2.24, 2.45) is 0 Å². The number of benzene rings is 2. The number of tetrazole rings is 1. The van der Waals surface area contributed by atoms with Gasteiger partial charge in [0.25, 0.3) is 0 Å². The van der Waals surface area contributed by atoms with E-state index in [1.807, 2.05) is 55.5 Å². The second-order valence-electron chi connectivity index (χ2n) is 5.97. The maximum Gasteiger partial charge on any atom is 0.220 e. The SMILES string of the molecule is COc1ccc(CCC(=O)NCc2nnnn2-c2ccc(C)cc2)cc1. The van der Waals surface area contributed by atoms with E-state index >= 15 is 0 Å². The van der Waals surface area contributed by atoms with E-state index in [4.69, 9.17) is 4.74 Å². The van der Waals surface area contributed by atoms with E-state index < -0.39 is 0 Å². The lowest BCUT2D eigenvalue weighted by Crippen LogP contribution is -2.25. The van der Waals surface area contributed by atoms with Crippen LogP contribution in [0.25, 0.3) is 5.69 Å². The van der Waals surface area contributed by atoms with Crippen molar-refractivity contribution < 1.29 is 9.53 Å². The average Bonchev–Trinajstić information content (AvgIpc) is 3.14. The van der Waals surface area contributed by atoms with Crippen molar-refractivity contribution in [2.45, 2.75) is 26.3 Å². The molecule has 134 valence electrons. The zero-order valence-electron chi connectivity index (χ0n) is 14.8. The van der Waals surface area contributed by atoms with Crippen LogP contribution in [0.1, 0.15) is 23.4 Å². The number of rotatable bonds is 7. The molecule has 1 amide bonds. The largest absolute Gasteiger partial charge is 0.497 e. The molecular formula is C19H21N5O2. The molecule has 2 aromatic carbocycles. The van der Waals surface area contributed by atoms with E-state index in [2.05, 4.69) is 20.8 Å². The Hall–Kier alpha value is -3.22. The number of ether oxygens (including phenoxy) is 1. The van der Waals surface area contributed by atoms with Crippen LogP contribution < -0.4 is 10.1 Å². The smallest absolute Gasteiger partial charge is 0.220 e. The van der Waals surface area contributed by atoms with Crippen LogP contribution in [0, 0.1) is 6.92 Å². The number of nitrogens with one attached hydrogen (secondary N) is 1. The Morgan fingerprint density at radius 1 is 1.12 bits per heavy atom. The first-order chi connectivity index (χ1) is 12.7. The van der Waals surface area contributed by atoms with Crippen molar-refractivity contribution in [3.05, 3.63) is 65.5 Å². The van der Waals surface area contributed by atoms with Gasteiger partial charge in [-0.2, -0.15) is 4.68 Å². The first-order valence-corrected chi connectivity index (χ1v) is 8.39. The van der Waals surface area contributed by atoms with Crippen molar-refractivity contribution in [2.75, 3.05) is 7.11 Å². The Kier molecular flexibility index (Phi) is 5.58. The Morgan fingerprint density at radius 2 is 1.85 bits per heavy atom. The van der Waals surface area contributed by atoms with Crippen molar-refractivity contribution >= 4 is 5.91 Å². The highest BCUT2D eigenvalue weighted by atomic mass is 16.5. The van der Waals surface area contributed by atoms with Gasteiger partial charge >= 0.3 is 0 Å². The minimum absolute atomic E-state index is 0.0423. The Bertz CT molecular complexity index is 856. The van der Waals surface area contributed by atoms with Crippen molar-refractivity contribution in [1.29, 1.82) is 0 Å². The molecule has 1 heterocycles. The van der Waals surface area contributed by atoms with E-state index in [1.54, 1.807) is 11.8 Å². The second-order valence-corrected chi connectivity index (χ2v) is 5.97. The maximum absolute atomic E-state index is 12.1. The van der Waals surface area contributed by atoms with E-state index in [0.717, 1.165) is 22.6 Å². The molecule has 0 radical (unpaired) electrons. The van der Waals surface area contributed by atoms with Crippen LogP contribution in [0.5, 0.6) is 5.75 Å². The summed E-state index contributed by atoms with van der Waals surface area (Å²) in [6.45, 7) is 2.30. The number of aryl methyl sites for hydroxylation is 2. The lowest BCUT2D eigenvalue weighted by molar-refractivity contribution is -0.121. The first-order valence-electron chi connectivity index (χ1n) is 8.39. The summed E-state index contributed by atoms with van der Waals surface area (Å²) in [5.74, 6) is 1.35. The third-order valence-electron chi connectivity index (χ3n) is 4.06. The fourth-order valence-corrected chi connectivity index (χ4v) is 2.52. The van der Waals surface area contributed by atoms with Crippen LogP contribution in [0.3, 0.4) is 0 Å². The summed E-state index contributed by atoms with van der Waals surface area (Å²) in [6, 6.07) is 15.6. The molecule has 0 unspecified atom stereocenters. The molecule has 0 fully saturated rings. The minimum Gasteiger partial charge on any atom is -0.497 e. The third-order valence-corrected chi connectivity index (χ3v) is 4.06. The van der Waals surface area contributed by atoms with Gasteiger partial charge in [-0.3, -0.25) is 4.79 Å². The zero-order chi connectivity index (χ0) is 18.4. The molecule has 0 bridgehead atoms. The quantitative estimate of drug-likeness (QED) is 0.706.